The molecule has 5 nitrogen and oxygen atoms in total. The van der Waals surface area contributed by atoms with E-state index in [1.807, 2.05) is 19.3 Å². The molecule has 7 heteroatoms. The van der Waals surface area contributed by atoms with Crippen LogP contribution in [0.15, 0.2) is 17.3 Å². The van der Waals surface area contributed by atoms with Gasteiger partial charge >= 0.3 is 0 Å². The van der Waals surface area contributed by atoms with Crippen LogP contribution >= 0.6 is 35.6 Å². The molecule has 2 rings (SSSR count). The van der Waals surface area contributed by atoms with Gasteiger partial charge in [-0.25, -0.2) is 0 Å². The Balaban J connectivity index is 0.00000264. The molecule has 1 unspecified atom stereocenters. The number of aromatic nitrogens is 1. The van der Waals surface area contributed by atoms with E-state index < -0.39 is 0 Å². The van der Waals surface area contributed by atoms with Crippen LogP contribution in [0.3, 0.4) is 0 Å². The summed E-state index contributed by atoms with van der Waals surface area (Å²) in [5.41, 5.74) is 1.16. The molecule has 1 N–H and O–H groups in total. The van der Waals surface area contributed by atoms with Gasteiger partial charge in [0.05, 0.1) is 17.7 Å². The van der Waals surface area contributed by atoms with Crippen molar-refractivity contribution in [2.24, 2.45) is 12.0 Å². The number of nitrogens with zero attached hydrogens (tertiary/aromatic N) is 3. The molecule has 1 aliphatic rings. The molecule has 23 heavy (non-hydrogen) atoms. The van der Waals surface area contributed by atoms with Crippen molar-refractivity contribution in [2.45, 2.75) is 38.8 Å². The molecular weight excluding hydrogens is 427 g/mol. The lowest BCUT2D eigenvalue weighted by molar-refractivity contribution is 0.106. The Morgan fingerprint density at radius 3 is 2.91 bits per heavy atom. The third-order valence-electron chi connectivity index (χ3n) is 3.91. The lowest BCUT2D eigenvalue weighted by Crippen LogP contribution is -2.39. The summed E-state index contributed by atoms with van der Waals surface area (Å²) in [5, 5.41) is 4.12. The van der Waals surface area contributed by atoms with Crippen LogP contribution in [0.5, 0.6) is 0 Å². The van der Waals surface area contributed by atoms with Gasteiger partial charge in [0.1, 0.15) is 0 Å². The predicted molar refractivity (Wildman–Crippen MR) is 107 cm³/mol. The monoisotopic (exact) mass is 454 g/mol. The van der Waals surface area contributed by atoms with Crippen LogP contribution in [-0.4, -0.2) is 48.3 Å². The Kier molecular flexibility index (Phi) is 9.31. The van der Waals surface area contributed by atoms with E-state index in [0.29, 0.717) is 6.10 Å². The molecule has 1 fully saturated rings. The molecule has 132 valence electrons. The molecule has 0 bridgehead atoms. The Morgan fingerprint density at radius 2 is 2.35 bits per heavy atom. The van der Waals surface area contributed by atoms with Crippen LogP contribution in [0.4, 0.5) is 0 Å². The average molecular weight is 455 g/mol. The summed E-state index contributed by atoms with van der Waals surface area (Å²) in [5.74, 6) is 0.929. The Bertz CT molecular complexity index is 500. The maximum absolute atomic E-state index is 6.05. The molecular formula is C16H28ClIN4O. The number of hydrogen-bond donors (Lipinski definition) is 1. The first-order valence-electron chi connectivity index (χ1n) is 8.02. The van der Waals surface area contributed by atoms with Crippen molar-refractivity contribution in [3.05, 3.63) is 23.0 Å². The first-order valence-corrected chi connectivity index (χ1v) is 8.39. The molecule has 1 atom stereocenters. The van der Waals surface area contributed by atoms with E-state index in [0.717, 1.165) is 49.3 Å². The van der Waals surface area contributed by atoms with Crippen molar-refractivity contribution in [2.75, 3.05) is 26.7 Å². The van der Waals surface area contributed by atoms with Gasteiger partial charge in [-0.3, -0.25) is 4.99 Å². The first kappa shape index (κ1) is 20.6. The van der Waals surface area contributed by atoms with Crippen LogP contribution in [0, 0.1) is 0 Å². The number of ether oxygens (including phenoxy) is 1. The second kappa shape index (κ2) is 10.4. The highest BCUT2D eigenvalue weighted by Gasteiger charge is 2.15. The summed E-state index contributed by atoms with van der Waals surface area (Å²) in [6.45, 7) is 5.42. The number of guanidine groups is 1. The summed E-state index contributed by atoms with van der Waals surface area (Å²) in [4.78, 5) is 6.85. The van der Waals surface area contributed by atoms with Crippen LogP contribution in [0.25, 0.3) is 0 Å². The fourth-order valence-corrected chi connectivity index (χ4v) is 2.97. The molecule has 0 aliphatic carbocycles. The minimum Gasteiger partial charge on any atom is -0.378 e. The van der Waals surface area contributed by atoms with Crippen molar-refractivity contribution >= 4 is 41.5 Å². The van der Waals surface area contributed by atoms with Crippen molar-refractivity contribution in [1.82, 2.24) is 14.8 Å². The van der Waals surface area contributed by atoms with E-state index >= 15 is 0 Å². The Hall–Kier alpha value is -0.470. The lowest BCUT2D eigenvalue weighted by Gasteiger charge is -2.22. The van der Waals surface area contributed by atoms with Crippen molar-refractivity contribution in [1.29, 1.82) is 0 Å². The van der Waals surface area contributed by atoms with Gasteiger partial charge in [0, 0.05) is 45.7 Å². The highest BCUT2D eigenvalue weighted by atomic mass is 127. The highest BCUT2D eigenvalue weighted by Crippen LogP contribution is 2.16. The van der Waals surface area contributed by atoms with E-state index in [9.17, 15) is 0 Å². The van der Waals surface area contributed by atoms with E-state index in [1.54, 1.807) is 0 Å². The fraction of sp³-hybridized carbons (Fsp3) is 0.688. The number of nitrogens with one attached hydrogen (secondary N) is 1. The summed E-state index contributed by atoms with van der Waals surface area (Å²) in [6, 6.07) is 1.99. The lowest BCUT2D eigenvalue weighted by atomic mass is 10.2. The quantitative estimate of drug-likeness (QED) is 0.407. The predicted octanol–water partition coefficient (Wildman–Crippen LogP) is 3.26. The molecule has 0 radical (unpaired) electrons. The molecule has 2 heterocycles. The second-order valence-electron chi connectivity index (χ2n) is 5.78. The fourth-order valence-electron chi connectivity index (χ4n) is 2.70. The summed E-state index contributed by atoms with van der Waals surface area (Å²) < 4.78 is 7.70. The first-order chi connectivity index (χ1) is 10.6. The van der Waals surface area contributed by atoms with Gasteiger partial charge in [-0.2, -0.15) is 0 Å². The standard InChI is InChI=1S/C16H27ClN4O.HI/c1-4-18-16(19-8-7-15-6-5-9-22-15)21(3)12-14-10-13(17)11-20(14)2;/h10-11,15H,4-9,12H2,1-3H3,(H,18,19);1H. The van der Waals surface area contributed by atoms with Gasteiger partial charge in [-0.1, -0.05) is 11.6 Å². The minimum atomic E-state index is 0. The zero-order chi connectivity index (χ0) is 15.9. The number of aryl methyl sites for hydroxylation is 1. The molecule has 1 aliphatic heterocycles. The summed E-state index contributed by atoms with van der Waals surface area (Å²) >= 11 is 6.05. The van der Waals surface area contributed by atoms with E-state index in [4.69, 9.17) is 21.3 Å². The average Bonchev–Trinajstić information content (AvgIpc) is 3.08. The SMILES string of the molecule is CCNC(=NCCC1CCCO1)N(C)Cc1cc(Cl)cn1C.I. The zero-order valence-corrected chi connectivity index (χ0v) is 17.3. The maximum Gasteiger partial charge on any atom is 0.194 e. The van der Waals surface area contributed by atoms with E-state index in [1.165, 1.54) is 12.8 Å². The van der Waals surface area contributed by atoms with Crippen molar-refractivity contribution < 1.29 is 4.74 Å². The number of aliphatic imine (C=N–C) groups is 1. The topological polar surface area (TPSA) is 41.8 Å². The normalized spacial score (nSPS) is 17.9. The third-order valence-corrected chi connectivity index (χ3v) is 4.11. The third kappa shape index (κ3) is 6.51. The molecule has 1 aromatic heterocycles. The largest absolute Gasteiger partial charge is 0.378 e. The molecule has 0 spiro atoms. The zero-order valence-electron chi connectivity index (χ0n) is 14.2. The molecule has 0 amide bonds. The van der Waals surface area contributed by atoms with Gasteiger partial charge < -0.3 is 19.5 Å². The van der Waals surface area contributed by atoms with Gasteiger partial charge in [0.2, 0.25) is 0 Å². The molecule has 0 aromatic carbocycles. The number of hydrogen-bond acceptors (Lipinski definition) is 2. The van der Waals surface area contributed by atoms with E-state index in [-0.39, 0.29) is 24.0 Å². The summed E-state index contributed by atoms with van der Waals surface area (Å²) in [6.07, 6.45) is 5.67. The van der Waals surface area contributed by atoms with Gasteiger partial charge in [0.25, 0.3) is 0 Å². The van der Waals surface area contributed by atoms with Crippen LogP contribution in [-0.2, 0) is 18.3 Å². The number of halogens is 2. The van der Waals surface area contributed by atoms with Crippen LogP contribution < -0.4 is 5.32 Å². The smallest absolute Gasteiger partial charge is 0.194 e. The van der Waals surface area contributed by atoms with Crippen LogP contribution in [0.1, 0.15) is 31.9 Å². The molecule has 0 saturated carbocycles. The molecule has 1 saturated heterocycles. The van der Waals surface area contributed by atoms with Gasteiger partial charge in [-0.15, -0.1) is 24.0 Å². The maximum atomic E-state index is 6.05. The van der Waals surface area contributed by atoms with Crippen molar-refractivity contribution in [3.8, 4) is 0 Å². The molecule has 1 aromatic rings. The Morgan fingerprint density at radius 1 is 1.57 bits per heavy atom. The van der Waals surface area contributed by atoms with Gasteiger partial charge in [-0.05, 0) is 32.3 Å². The Labute approximate surface area is 161 Å². The second-order valence-corrected chi connectivity index (χ2v) is 6.21. The minimum absolute atomic E-state index is 0. The van der Waals surface area contributed by atoms with E-state index in [2.05, 4.69) is 28.8 Å². The highest BCUT2D eigenvalue weighted by molar-refractivity contribution is 14.0. The van der Waals surface area contributed by atoms with Crippen LogP contribution in [0.2, 0.25) is 5.02 Å². The summed E-state index contributed by atoms with van der Waals surface area (Å²) in [7, 11) is 4.06. The van der Waals surface area contributed by atoms with Crippen molar-refractivity contribution in [3.63, 3.8) is 0 Å². The van der Waals surface area contributed by atoms with Gasteiger partial charge in [0.15, 0.2) is 5.96 Å². The number of rotatable bonds is 6.